The molecule has 1 N–H and O–H groups in total. The highest BCUT2D eigenvalue weighted by Crippen LogP contribution is 2.26. The third-order valence-corrected chi connectivity index (χ3v) is 8.77. The number of sulfonamides is 1. The molecule has 3 aromatic rings. The number of anilines is 1. The van der Waals surface area contributed by atoms with Crippen LogP contribution in [-0.4, -0.2) is 44.3 Å². The molecule has 3 rings (SSSR count). The molecular formula is C29H33BrClN3O4S. The lowest BCUT2D eigenvalue weighted by atomic mass is 10.1. The Morgan fingerprint density at radius 1 is 1.03 bits per heavy atom. The van der Waals surface area contributed by atoms with Crippen LogP contribution in [0.1, 0.15) is 37.8 Å². The van der Waals surface area contributed by atoms with E-state index < -0.39 is 28.5 Å². The maximum absolute atomic E-state index is 13.9. The summed E-state index contributed by atoms with van der Waals surface area (Å²) in [5.41, 5.74) is 2.09. The summed E-state index contributed by atoms with van der Waals surface area (Å²) in [6.45, 7) is 5.71. The average molecular weight is 635 g/mol. The number of rotatable bonds is 12. The van der Waals surface area contributed by atoms with Gasteiger partial charge in [0.05, 0.1) is 10.6 Å². The number of nitrogens with zero attached hydrogens (tertiary/aromatic N) is 2. The summed E-state index contributed by atoms with van der Waals surface area (Å²) in [7, 11) is -4.14. The highest BCUT2D eigenvalue weighted by Gasteiger charge is 2.32. The molecule has 0 radical (unpaired) electrons. The maximum atomic E-state index is 13.9. The van der Waals surface area contributed by atoms with E-state index in [0.29, 0.717) is 17.3 Å². The van der Waals surface area contributed by atoms with Gasteiger partial charge in [-0.3, -0.25) is 13.9 Å². The van der Waals surface area contributed by atoms with E-state index in [1.165, 1.54) is 29.2 Å². The molecule has 1 atom stereocenters. The van der Waals surface area contributed by atoms with Gasteiger partial charge in [0.2, 0.25) is 11.8 Å². The smallest absolute Gasteiger partial charge is 0.264 e. The lowest BCUT2D eigenvalue weighted by Gasteiger charge is -2.32. The molecule has 7 nitrogen and oxygen atoms in total. The van der Waals surface area contributed by atoms with E-state index in [1.807, 2.05) is 38.1 Å². The minimum Gasteiger partial charge on any atom is -0.354 e. The largest absolute Gasteiger partial charge is 0.354 e. The summed E-state index contributed by atoms with van der Waals surface area (Å²) in [6.07, 6.45) is 1.74. The van der Waals surface area contributed by atoms with Crippen molar-refractivity contribution in [3.05, 3.63) is 93.4 Å². The monoisotopic (exact) mass is 633 g/mol. The standard InChI is InChI=1S/C29H33BrClN3O4S/c1-4-5-17-32-29(36)22(3)33(19-23-7-6-8-24(30)18-23)28(35)20-34(26-13-9-21(2)10-14-26)39(37,38)27-15-11-25(31)12-16-27/h6-16,18,22H,4-5,17,19-20H2,1-3H3,(H,32,36). The van der Waals surface area contributed by atoms with E-state index in [0.717, 1.165) is 32.7 Å². The van der Waals surface area contributed by atoms with Crippen LogP contribution < -0.4 is 9.62 Å². The lowest BCUT2D eigenvalue weighted by Crippen LogP contribution is -2.51. The van der Waals surface area contributed by atoms with Gasteiger partial charge in [0.15, 0.2) is 0 Å². The first-order valence-electron chi connectivity index (χ1n) is 12.7. The predicted molar refractivity (Wildman–Crippen MR) is 159 cm³/mol. The first-order chi connectivity index (χ1) is 18.5. The zero-order valence-electron chi connectivity index (χ0n) is 22.2. The molecule has 1 unspecified atom stereocenters. The van der Waals surface area contributed by atoms with Gasteiger partial charge in [0.1, 0.15) is 12.6 Å². The number of aryl methyl sites for hydroxylation is 1. The third-order valence-electron chi connectivity index (χ3n) is 6.24. The number of carbonyl (C=O) groups is 2. The number of benzene rings is 3. The summed E-state index contributed by atoms with van der Waals surface area (Å²) in [4.78, 5) is 28.3. The fourth-order valence-electron chi connectivity index (χ4n) is 3.92. The first-order valence-corrected chi connectivity index (χ1v) is 15.3. The van der Waals surface area contributed by atoms with Gasteiger partial charge >= 0.3 is 0 Å². The highest BCUT2D eigenvalue weighted by molar-refractivity contribution is 9.10. The Hall–Kier alpha value is -2.88. The van der Waals surface area contributed by atoms with Gasteiger partial charge in [0, 0.05) is 22.6 Å². The van der Waals surface area contributed by atoms with Crippen LogP contribution in [0.25, 0.3) is 0 Å². The second-order valence-corrected chi connectivity index (χ2v) is 12.5. The quantitative estimate of drug-likeness (QED) is 0.250. The predicted octanol–water partition coefficient (Wildman–Crippen LogP) is 5.94. The molecule has 0 spiro atoms. The Balaban J connectivity index is 1.99. The molecule has 0 bridgehead atoms. The first kappa shape index (κ1) is 30.7. The molecule has 208 valence electrons. The topological polar surface area (TPSA) is 86.8 Å². The summed E-state index contributed by atoms with van der Waals surface area (Å²) >= 11 is 9.44. The van der Waals surface area contributed by atoms with Gasteiger partial charge < -0.3 is 10.2 Å². The Bertz CT molecular complexity index is 1380. The van der Waals surface area contributed by atoms with Gasteiger partial charge in [-0.1, -0.05) is 70.7 Å². The van der Waals surface area contributed by atoms with Gasteiger partial charge in [-0.25, -0.2) is 8.42 Å². The van der Waals surface area contributed by atoms with Crippen molar-refractivity contribution >= 4 is 55.1 Å². The van der Waals surface area contributed by atoms with E-state index in [9.17, 15) is 18.0 Å². The SMILES string of the molecule is CCCCNC(=O)C(C)N(Cc1cccc(Br)c1)C(=O)CN(c1ccc(C)cc1)S(=O)(=O)c1ccc(Cl)cc1. The number of amides is 2. The molecular weight excluding hydrogens is 602 g/mol. The van der Waals surface area contributed by atoms with Crippen LogP contribution >= 0.6 is 27.5 Å². The Labute approximate surface area is 244 Å². The Kier molecular flexibility index (Phi) is 11.0. The molecule has 0 aliphatic heterocycles. The van der Waals surface area contributed by atoms with Crippen LogP contribution in [0.15, 0.2) is 82.2 Å². The molecule has 39 heavy (non-hydrogen) atoms. The number of hydrogen-bond donors (Lipinski definition) is 1. The van der Waals surface area contributed by atoms with Crippen LogP contribution in [-0.2, 0) is 26.2 Å². The van der Waals surface area contributed by atoms with Crippen molar-refractivity contribution in [3.8, 4) is 0 Å². The average Bonchev–Trinajstić information content (AvgIpc) is 2.90. The van der Waals surface area contributed by atoms with Crippen molar-refractivity contribution in [3.63, 3.8) is 0 Å². The second kappa shape index (κ2) is 14.0. The molecule has 0 aliphatic carbocycles. The van der Waals surface area contributed by atoms with Crippen molar-refractivity contribution in [1.82, 2.24) is 10.2 Å². The highest BCUT2D eigenvalue weighted by atomic mass is 79.9. The molecule has 0 fully saturated rings. The second-order valence-electron chi connectivity index (χ2n) is 9.27. The molecule has 0 saturated carbocycles. The summed E-state index contributed by atoms with van der Waals surface area (Å²) in [5, 5.41) is 3.28. The fourth-order valence-corrected chi connectivity index (χ4v) is 5.91. The molecule has 2 amide bonds. The van der Waals surface area contributed by atoms with Crippen molar-refractivity contribution in [2.75, 3.05) is 17.4 Å². The fraction of sp³-hybridized carbons (Fsp3) is 0.310. The van der Waals surface area contributed by atoms with E-state index >= 15 is 0 Å². The summed E-state index contributed by atoms with van der Waals surface area (Å²) in [5.74, 6) is -0.805. The van der Waals surface area contributed by atoms with E-state index in [4.69, 9.17) is 11.6 Å². The zero-order valence-corrected chi connectivity index (χ0v) is 25.4. The van der Waals surface area contributed by atoms with Gasteiger partial charge in [-0.2, -0.15) is 0 Å². The summed E-state index contributed by atoms with van der Waals surface area (Å²) < 4.78 is 29.5. The number of unbranched alkanes of at least 4 members (excludes halogenated alkanes) is 1. The van der Waals surface area contributed by atoms with Crippen LogP contribution in [0.5, 0.6) is 0 Å². The van der Waals surface area contributed by atoms with Crippen LogP contribution in [0.4, 0.5) is 5.69 Å². The normalized spacial score (nSPS) is 12.0. The van der Waals surface area contributed by atoms with E-state index in [2.05, 4.69) is 21.2 Å². The Morgan fingerprint density at radius 3 is 2.31 bits per heavy atom. The molecule has 0 aliphatic rings. The van der Waals surface area contributed by atoms with Gasteiger partial charge in [-0.15, -0.1) is 0 Å². The molecule has 0 heterocycles. The molecule has 0 aromatic heterocycles. The van der Waals surface area contributed by atoms with Crippen molar-refractivity contribution in [1.29, 1.82) is 0 Å². The van der Waals surface area contributed by atoms with E-state index in [1.54, 1.807) is 31.2 Å². The molecule has 10 heteroatoms. The third kappa shape index (κ3) is 8.30. The number of hydrogen-bond acceptors (Lipinski definition) is 4. The van der Waals surface area contributed by atoms with Crippen molar-refractivity contribution < 1.29 is 18.0 Å². The molecule has 3 aromatic carbocycles. The zero-order chi connectivity index (χ0) is 28.6. The van der Waals surface area contributed by atoms with Crippen molar-refractivity contribution in [2.24, 2.45) is 0 Å². The number of nitrogens with one attached hydrogen (secondary N) is 1. The van der Waals surface area contributed by atoms with Crippen LogP contribution in [0.2, 0.25) is 5.02 Å². The van der Waals surface area contributed by atoms with Crippen LogP contribution in [0, 0.1) is 6.92 Å². The summed E-state index contributed by atoms with van der Waals surface area (Å²) in [6, 6.07) is 19.3. The van der Waals surface area contributed by atoms with Crippen molar-refractivity contribution in [2.45, 2.75) is 51.1 Å². The minimum atomic E-state index is -4.14. The number of halogens is 2. The van der Waals surface area contributed by atoms with Crippen LogP contribution in [0.3, 0.4) is 0 Å². The molecule has 0 saturated heterocycles. The lowest BCUT2D eigenvalue weighted by molar-refractivity contribution is -0.139. The van der Waals surface area contributed by atoms with Gasteiger partial charge in [0.25, 0.3) is 10.0 Å². The minimum absolute atomic E-state index is 0.00386. The Morgan fingerprint density at radius 2 is 1.69 bits per heavy atom. The maximum Gasteiger partial charge on any atom is 0.264 e. The number of carbonyl (C=O) groups excluding carboxylic acids is 2. The van der Waals surface area contributed by atoms with Gasteiger partial charge in [-0.05, 0) is 74.4 Å². The van der Waals surface area contributed by atoms with E-state index in [-0.39, 0.29) is 17.3 Å².